The van der Waals surface area contributed by atoms with Gasteiger partial charge in [0.25, 0.3) is 0 Å². The third-order valence-electron chi connectivity index (χ3n) is 5.58. The Kier molecular flexibility index (Phi) is 12.5. The Morgan fingerprint density at radius 2 is 1.81 bits per heavy atom. The van der Waals surface area contributed by atoms with E-state index in [9.17, 15) is 14.9 Å². The molecule has 1 rings (SSSR count). The van der Waals surface area contributed by atoms with Gasteiger partial charge in [-0.1, -0.05) is 57.9 Å². The van der Waals surface area contributed by atoms with Crippen molar-refractivity contribution < 1.29 is 14.3 Å². The molecule has 1 saturated carbocycles. The Morgan fingerprint density at radius 3 is 2.52 bits per heavy atom. The fourth-order valence-electron chi connectivity index (χ4n) is 4.07. The van der Waals surface area contributed by atoms with Gasteiger partial charge in [-0.3, -0.25) is 4.79 Å². The van der Waals surface area contributed by atoms with Crippen molar-refractivity contribution in [2.24, 2.45) is 17.8 Å². The van der Waals surface area contributed by atoms with Crippen LogP contribution in [0.3, 0.4) is 0 Å². The molecule has 0 spiro atoms. The van der Waals surface area contributed by atoms with Crippen LogP contribution < -0.4 is 0 Å². The zero-order valence-electron chi connectivity index (χ0n) is 17.3. The lowest BCUT2D eigenvalue weighted by molar-refractivity contribution is -0.137. The van der Waals surface area contributed by atoms with E-state index >= 15 is 0 Å². The first-order chi connectivity index (χ1) is 13.1. The minimum Gasteiger partial charge on any atom is -0.463 e. The first kappa shape index (κ1) is 23.4. The average Bonchev–Trinajstić information content (AvgIpc) is 2.96. The number of rotatable bonds is 14. The maximum Gasteiger partial charge on any atom is 0.330 e. The number of carbonyl (C=O) groups is 2. The van der Waals surface area contributed by atoms with Crippen LogP contribution in [0.4, 0.5) is 0 Å². The van der Waals surface area contributed by atoms with Gasteiger partial charge in [0.05, 0.1) is 12.7 Å². The van der Waals surface area contributed by atoms with Crippen LogP contribution in [0.5, 0.6) is 0 Å². The summed E-state index contributed by atoms with van der Waals surface area (Å²) in [5, 5.41) is 9.25. The summed E-state index contributed by atoms with van der Waals surface area (Å²) in [7, 11) is 0. The molecular weight excluding hydrogens is 338 g/mol. The predicted molar refractivity (Wildman–Crippen MR) is 108 cm³/mol. The van der Waals surface area contributed by atoms with Gasteiger partial charge in [0.2, 0.25) is 0 Å². The van der Waals surface area contributed by atoms with Crippen molar-refractivity contribution >= 4 is 11.8 Å². The largest absolute Gasteiger partial charge is 0.463 e. The molecule has 0 aromatic carbocycles. The molecule has 0 amide bonds. The average molecular weight is 376 g/mol. The number of nitrogens with zero attached hydrogens (tertiary/aromatic N) is 1. The molecule has 0 aliphatic heterocycles. The lowest BCUT2D eigenvalue weighted by atomic mass is 9.86. The third kappa shape index (κ3) is 9.22. The van der Waals surface area contributed by atoms with Crippen LogP contribution in [0.2, 0.25) is 0 Å². The summed E-state index contributed by atoms with van der Waals surface area (Å²) in [6, 6.07) is 2.21. The molecule has 0 aromatic rings. The number of hydrogen-bond donors (Lipinski definition) is 0. The quantitative estimate of drug-likeness (QED) is 0.220. The van der Waals surface area contributed by atoms with Crippen LogP contribution in [0.15, 0.2) is 12.2 Å². The zero-order chi connectivity index (χ0) is 19.9. The van der Waals surface area contributed by atoms with Crippen molar-refractivity contribution in [3.8, 4) is 6.07 Å². The topological polar surface area (TPSA) is 67.2 Å². The summed E-state index contributed by atoms with van der Waals surface area (Å²) in [5.41, 5.74) is 0. The molecule has 0 bridgehead atoms. The number of allylic oxidation sites excluding steroid dienone is 1. The van der Waals surface area contributed by atoms with Gasteiger partial charge in [-0.2, -0.15) is 5.26 Å². The SMILES string of the molecule is CCCCCCCC[C@H]1CC(C#N)C(=O)[C@@H]1CCCCC=CC(=O)OCC. The van der Waals surface area contributed by atoms with E-state index in [0.29, 0.717) is 12.5 Å². The van der Waals surface area contributed by atoms with Gasteiger partial charge in [-0.05, 0) is 44.9 Å². The molecule has 4 nitrogen and oxygen atoms in total. The van der Waals surface area contributed by atoms with Crippen molar-refractivity contribution in [3.05, 3.63) is 12.2 Å². The van der Waals surface area contributed by atoms with Gasteiger partial charge in [-0.25, -0.2) is 4.79 Å². The number of unbranched alkanes of at least 4 members (excludes halogenated alkanes) is 7. The highest BCUT2D eigenvalue weighted by molar-refractivity contribution is 5.88. The fraction of sp³-hybridized carbons (Fsp3) is 0.783. The summed E-state index contributed by atoms with van der Waals surface area (Å²) >= 11 is 0. The second-order valence-corrected chi connectivity index (χ2v) is 7.68. The van der Waals surface area contributed by atoms with E-state index in [1.165, 1.54) is 44.6 Å². The van der Waals surface area contributed by atoms with Crippen LogP contribution in [-0.4, -0.2) is 18.4 Å². The second kappa shape index (κ2) is 14.4. The highest BCUT2D eigenvalue weighted by Gasteiger charge is 2.41. The summed E-state index contributed by atoms with van der Waals surface area (Å²) in [5.74, 6) is -0.0404. The van der Waals surface area contributed by atoms with Gasteiger partial charge >= 0.3 is 5.97 Å². The molecule has 1 aliphatic rings. The summed E-state index contributed by atoms with van der Waals surface area (Å²) in [6.45, 7) is 4.41. The normalized spacial score (nSPS) is 22.3. The Balaban J connectivity index is 2.32. The molecule has 1 aliphatic carbocycles. The number of hydrogen-bond acceptors (Lipinski definition) is 4. The van der Waals surface area contributed by atoms with Crippen molar-refractivity contribution in [2.45, 2.75) is 90.9 Å². The summed E-state index contributed by atoms with van der Waals surface area (Å²) in [4.78, 5) is 23.7. The Bertz CT molecular complexity index is 506. The van der Waals surface area contributed by atoms with Crippen LogP contribution in [-0.2, 0) is 14.3 Å². The monoisotopic (exact) mass is 375 g/mol. The van der Waals surface area contributed by atoms with Crippen LogP contribution in [0, 0.1) is 29.1 Å². The molecule has 0 N–H and O–H groups in total. The van der Waals surface area contributed by atoms with E-state index < -0.39 is 0 Å². The summed E-state index contributed by atoms with van der Waals surface area (Å²) in [6.07, 6.45) is 16.4. The molecule has 152 valence electrons. The molecule has 1 fully saturated rings. The van der Waals surface area contributed by atoms with Crippen molar-refractivity contribution in [3.63, 3.8) is 0 Å². The van der Waals surface area contributed by atoms with E-state index in [0.717, 1.165) is 38.5 Å². The van der Waals surface area contributed by atoms with Crippen LogP contribution in [0.1, 0.15) is 90.9 Å². The van der Waals surface area contributed by atoms with E-state index in [4.69, 9.17) is 4.74 Å². The number of esters is 1. The number of ether oxygens (including phenoxy) is 1. The van der Waals surface area contributed by atoms with E-state index in [-0.39, 0.29) is 23.6 Å². The number of nitriles is 1. The minimum atomic E-state index is -0.385. The molecule has 0 heterocycles. The molecular formula is C23H37NO3. The third-order valence-corrected chi connectivity index (χ3v) is 5.58. The highest BCUT2D eigenvalue weighted by Crippen LogP contribution is 2.39. The zero-order valence-corrected chi connectivity index (χ0v) is 17.3. The molecule has 1 unspecified atom stereocenters. The predicted octanol–water partition coefficient (Wildman–Crippen LogP) is 5.76. The lowest BCUT2D eigenvalue weighted by Gasteiger charge is -2.18. The number of carbonyl (C=O) groups excluding carboxylic acids is 2. The molecule has 4 heteroatoms. The van der Waals surface area contributed by atoms with Crippen LogP contribution >= 0.6 is 0 Å². The van der Waals surface area contributed by atoms with E-state index in [2.05, 4.69) is 13.0 Å². The Hall–Kier alpha value is -1.63. The van der Waals surface area contributed by atoms with Gasteiger partial charge < -0.3 is 4.74 Å². The first-order valence-electron chi connectivity index (χ1n) is 10.9. The summed E-state index contributed by atoms with van der Waals surface area (Å²) < 4.78 is 4.85. The molecule has 0 aromatic heterocycles. The van der Waals surface area contributed by atoms with Gasteiger partial charge in [0, 0.05) is 12.0 Å². The second-order valence-electron chi connectivity index (χ2n) is 7.68. The van der Waals surface area contributed by atoms with E-state index in [1.54, 1.807) is 6.92 Å². The number of ketones is 1. The number of Topliss-reactive ketones (excluding diaryl/α,β-unsaturated/α-hetero) is 1. The van der Waals surface area contributed by atoms with Crippen molar-refractivity contribution in [1.82, 2.24) is 0 Å². The minimum absolute atomic E-state index is 0.0688. The van der Waals surface area contributed by atoms with Gasteiger partial charge in [-0.15, -0.1) is 0 Å². The Morgan fingerprint density at radius 1 is 1.11 bits per heavy atom. The standard InChI is InChI=1S/C23H37NO3/c1-3-5-6-7-8-11-14-19-17-20(18-24)23(26)21(19)15-12-9-10-13-16-22(25)27-4-2/h13,16,19-21H,3-12,14-15,17H2,1-2H3/t19-,20?,21+/m0/s1. The maximum atomic E-state index is 12.5. The molecule has 0 radical (unpaired) electrons. The maximum absolute atomic E-state index is 12.5. The Labute approximate surface area is 165 Å². The molecule has 3 atom stereocenters. The highest BCUT2D eigenvalue weighted by atomic mass is 16.5. The van der Waals surface area contributed by atoms with E-state index in [1.807, 2.05) is 6.08 Å². The first-order valence-corrected chi connectivity index (χ1v) is 10.9. The fourth-order valence-corrected chi connectivity index (χ4v) is 4.07. The van der Waals surface area contributed by atoms with Gasteiger partial charge in [0.15, 0.2) is 5.78 Å². The van der Waals surface area contributed by atoms with Crippen molar-refractivity contribution in [1.29, 1.82) is 5.26 Å². The molecule has 0 saturated heterocycles. The lowest BCUT2D eigenvalue weighted by Crippen LogP contribution is -2.17. The van der Waals surface area contributed by atoms with Gasteiger partial charge in [0.1, 0.15) is 5.92 Å². The smallest absolute Gasteiger partial charge is 0.330 e. The molecule has 27 heavy (non-hydrogen) atoms. The van der Waals surface area contributed by atoms with Crippen molar-refractivity contribution in [2.75, 3.05) is 6.61 Å². The van der Waals surface area contributed by atoms with Crippen LogP contribution in [0.25, 0.3) is 0 Å².